The van der Waals surface area contributed by atoms with Crippen LogP contribution >= 0.6 is 0 Å². The summed E-state index contributed by atoms with van der Waals surface area (Å²) in [5.74, 6) is 0.149. The van der Waals surface area contributed by atoms with Crippen LogP contribution in [0.1, 0.15) is 25.3 Å². The summed E-state index contributed by atoms with van der Waals surface area (Å²) in [4.78, 5) is 11.1. The predicted molar refractivity (Wildman–Crippen MR) is 60.6 cm³/mol. The molecule has 0 aliphatic heterocycles. The Balaban J connectivity index is 2.10. The van der Waals surface area contributed by atoms with Crippen LogP contribution in [0.3, 0.4) is 0 Å². The molecule has 0 saturated heterocycles. The molecule has 2 rings (SSSR count). The van der Waals surface area contributed by atoms with Gasteiger partial charge < -0.3 is 9.84 Å². The van der Waals surface area contributed by atoms with Crippen molar-refractivity contribution in [3.8, 4) is 5.75 Å². The fourth-order valence-electron chi connectivity index (χ4n) is 1.92. The van der Waals surface area contributed by atoms with Crippen LogP contribution in [0, 0.1) is 5.41 Å². The summed E-state index contributed by atoms with van der Waals surface area (Å²) in [7, 11) is 0. The summed E-state index contributed by atoms with van der Waals surface area (Å²) in [6, 6.07) is 7.71. The van der Waals surface area contributed by atoms with Gasteiger partial charge in [0.15, 0.2) is 0 Å². The lowest BCUT2D eigenvalue weighted by molar-refractivity contribution is -0.143. The molecule has 3 heteroatoms. The highest BCUT2D eigenvalue weighted by molar-refractivity contribution is 5.78. The number of benzene rings is 1. The smallest absolute Gasteiger partial charge is 0.309 e. The monoisotopic (exact) mass is 220 g/mol. The number of aliphatic carboxylic acids is 1. The third-order valence-electron chi connectivity index (χ3n) is 3.06. The zero-order valence-corrected chi connectivity index (χ0v) is 9.40. The van der Waals surface area contributed by atoms with E-state index in [0.29, 0.717) is 13.0 Å². The topological polar surface area (TPSA) is 46.5 Å². The van der Waals surface area contributed by atoms with Gasteiger partial charge >= 0.3 is 5.97 Å². The van der Waals surface area contributed by atoms with E-state index in [-0.39, 0.29) is 0 Å². The number of rotatable bonds is 5. The highest BCUT2D eigenvalue weighted by atomic mass is 16.5. The molecule has 3 nitrogen and oxygen atoms in total. The van der Waals surface area contributed by atoms with Gasteiger partial charge in [0.05, 0.1) is 12.0 Å². The molecule has 1 aromatic rings. The van der Waals surface area contributed by atoms with Crippen LogP contribution in [0.5, 0.6) is 5.75 Å². The summed E-state index contributed by atoms with van der Waals surface area (Å²) in [6.07, 6.45) is 2.20. The van der Waals surface area contributed by atoms with Crippen molar-refractivity contribution < 1.29 is 14.6 Å². The summed E-state index contributed by atoms with van der Waals surface area (Å²) < 4.78 is 5.39. The lowest BCUT2D eigenvalue weighted by Gasteiger charge is -2.10. The number of carbonyl (C=O) groups is 1. The standard InChI is InChI=1S/C13H16O3/c1-2-16-11-5-3-4-10(8-11)9-13(6-7-13)12(14)15/h3-5,8H,2,6-7,9H2,1H3,(H,14,15). The molecule has 0 atom stereocenters. The van der Waals surface area contributed by atoms with Crippen molar-refractivity contribution in [3.63, 3.8) is 0 Å². The molecular weight excluding hydrogens is 204 g/mol. The second kappa shape index (κ2) is 4.16. The summed E-state index contributed by atoms with van der Waals surface area (Å²) in [5.41, 5.74) is 0.552. The molecule has 0 amide bonds. The molecule has 0 bridgehead atoms. The zero-order valence-electron chi connectivity index (χ0n) is 9.40. The van der Waals surface area contributed by atoms with Crippen LogP contribution in [-0.2, 0) is 11.2 Å². The minimum absolute atomic E-state index is 0.495. The van der Waals surface area contributed by atoms with E-state index in [1.165, 1.54) is 0 Å². The maximum absolute atomic E-state index is 11.1. The average molecular weight is 220 g/mol. The number of carboxylic acids is 1. The van der Waals surface area contributed by atoms with E-state index in [9.17, 15) is 4.79 Å². The number of hydrogen-bond acceptors (Lipinski definition) is 2. The van der Waals surface area contributed by atoms with Crippen LogP contribution in [0.25, 0.3) is 0 Å². The molecule has 1 aliphatic rings. The maximum atomic E-state index is 11.1. The highest BCUT2D eigenvalue weighted by Crippen LogP contribution is 2.48. The van der Waals surface area contributed by atoms with Gasteiger partial charge in [-0.2, -0.15) is 0 Å². The van der Waals surface area contributed by atoms with Crippen LogP contribution < -0.4 is 4.74 Å². The molecule has 1 N–H and O–H groups in total. The van der Waals surface area contributed by atoms with Gasteiger partial charge in [-0.15, -0.1) is 0 Å². The van der Waals surface area contributed by atoms with Gasteiger partial charge in [0, 0.05) is 0 Å². The number of ether oxygens (including phenoxy) is 1. The molecule has 86 valence electrons. The van der Waals surface area contributed by atoms with Crippen LogP contribution in [0.15, 0.2) is 24.3 Å². The fraction of sp³-hybridized carbons (Fsp3) is 0.462. The van der Waals surface area contributed by atoms with E-state index in [1.807, 2.05) is 31.2 Å². The zero-order chi connectivity index (χ0) is 11.6. The summed E-state index contributed by atoms with van der Waals surface area (Å²) in [6.45, 7) is 2.57. The van der Waals surface area contributed by atoms with Gasteiger partial charge in [0.2, 0.25) is 0 Å². The number of carboxylic acid groups (broad SMARTS) is 1. The van der Waals surface area contributed by atoms with Crippen molar-refractivity contribution in [3.05, 3.63) is 29.8 Å². The Hall–Kier alpha value is -1.51. The lowest BCUT2D eigenvalue weighted by atomic mass is 9.97. The summed E-state index contributed by atoms with van der Waals surface area (Å²) >= 11 is 0. The molecule has 0 unspecified atom stereocenters. The second-order valence-electron chi connectivity index (χ2n) is 4.34. The van der Waals surface area contributed by atoms with E-state index >= 15 is 0 Å². The maximum Gasteiger partial charge on any atom is 0.309 e. The van der Waals surface area contributed by atoms with Crippen LogP contribution in [-0.4, -0.2) is 17.7 Å². The van der Waals surface area contributed by atoms with Gasteiger partial charge in [-0.05, 0) is 43.9 Å². The Morgan fingerprint density at radius 1 is 1.50 bits per heavy atom. The second-order valence-corrected chi connectivity index (χ2v) is 4.34. The van der Waals surface area contributed by atoms with Crippen molar-refractivity contribution in [2.24, 2.45) is 5.41 Å². The average Bonchev–Trinajstić information content (AvgIpc) is 3.00. The van der Waals surface area contributed by atoms with Gasteiger partial charge in [-0.25, -0.2) is 0 Å². The Kier molecular flexibility index (Phi) is 2.86. The number of hydrogen-bond donors (Lipinski definition) is 1. The van der Waals surface area contributed by atoms with Gasteiger partial charge in [0.1, 0.15) is 5.75 Å². The Bertz CT molecular complexity index is 394. The van der Waals surface area contributed by atoms with Crippen molar-refractivity contribution in [2.45, 2.75) is 26.2 Å². The van der Waals surface area contributed by atoms with Crippen molar-refractivity contribution in [2.75, 3.05) is 6.61 Å². The Morgan fingerprint density at radius 3 is 2.81 bits per heavy atom. The van der Waals surface area contributed by atoms with Gasteiger partial charge in [0.25, 0.3) is 0 Å². The Labute approximate surface area is 95.0 Å². The molecule has 1 fully saturated rings. The minimum atomic E-state index is -0.672. The van der Waals surface area contributed by atoms with E-state index in [2.05, 4.69) is 0 Å². The molecule has 1 saturated carbocycles. The van der Waals surface area contributed by atoms with Crippen molar-refractivity contribution in [1.82, 2.24) is 0 Å². The highest BCUT2D eigenvalue weighted by Gasteiger charge is 2.49. The van der Waals surface area contributed by atoms with Gasteiger partial charge in [-0.3, -0.25) is 4.79 Å². The van der Waals surface area contributed by atoms with Crippen molar-refractivity contribution >= 4 is 5.97 Å². The first kappa shape index (κ1) is 11.0. The molecule has 0 spiro atoms. The third-order valence-corrected chi connectivity index (χ3v) is 3.06. The first-order chi connectivity index (χ1) is 7.66. The van der Waals surface area contributed by atoms with Crippen LogP contribution in [0.2, 0.25) is 0 Å². The summed E-state index contributed by atoms with van der Waals surface area (Å²) in [5, 5.41) is 9.11. The molecular formula is C13H16O3. The SMILES string of the molecule is CCOc1cccc(CC2(C(=O)O)CC2)c1. The molecule has 1 aromatic carbocycles. The van der Waals surface area contributed by atoms with Gasteiger partial charge in [-0.1, -0.05) is 12.1 Å². The lowest BCUT2D eigenvalue weighted by Crippen LogP contribution is -2.17. The molecule has 0 aromatic heterocycles. The quantitative estimate of drug-likeness (QED) is 0.829. The normalized spacial score (nSPS) is 16.8. The predicted octanol–water partition coefficient (Wildman–Crippen LogP) is 2.49. The van der Waals surface area contributed by atoms with Crippen LogP contribution in [0.4, 0.5) is 0 Å². The molecule has 0 radical (unpaired) electrons. The molecule has 16 heavy (non-hydrogen) atoms. The first-order valence-electron chi connectivity index (χ1n) is 5.61. The van der Waals surface area contributed by atoms with E-state index in [4.69, 9.17) is 9.84 Å². The van der Waals surface area contributed by atoms with E-state index in [0.717, 1.165) is 24.2 Å². The molecule has 1 aliphatic carbocycles. The molecule has 0 heterocycles. The third kappa shape index (κ3) is 2.18. The largest absolute Gasteiger partial charge is 0.494 e. The first-order valence-corrected chi connectivity index (χ1v) is 5.61. The fourth-order valence-corrected chi connectivity index (χ4v) is 1.92. The minimum Gasteiger partial charge on any atom is -0.494 e. The van der Waals surface area contributed by atoms with E-state index < -0.39 is 11.4 Å². The van der Waals surface area contributed by atoms with Crippen molar-refractivity contribution in [1.29, 1.82) is 0 Å². The Morgan fingerprint density at radius 2 is 2.25 bits per heavy atom. The van der Waals surface area contributed by atoms with E-state index in [1.54, 1.807) is 0 Å².